The second-order valence-electron chi connectivity index (χ2n) is 3.87. The van der Waals surface area contributed by atoms with Gasteiger partial charge in [0.15, 0.2) is 0 Å². The van der Waals surface area contributed by atoms with Gasteiger partial charge in [0.2, 0.25) is 0 Å². The molecular formula is C10H9FN4O2. The summed E-state index contributed by atoms with van der Waals surface area (Å²) in [5.41, 5.74) is 8.24. The summed E-state index contributed by atoms with van der Waals surface area (Å²) in [6.45, 7) is 0.191. The van der Waals surface area contributed by atoms with Crippen molar-refractivity contribution in [2.45, 2.75) is 5.54 Å². The maximum Gasteiger partial charge on any atom is 0.407 e. The lowest BCUT2D eigenvalue weighted by Gasteiger charge is -2.45. The summed E-state index contributed by atoms with van der Waals surface area (Å²) in [6, 6.07) is 5.52. The van der Waals surface area contributed by atoms with Gasteiger partial charge in [-0.2, -0.15) is 0 Å². The van der Waals surface area contributed by atoms with E-state index in [1.165, 1.54) is 24.3 Å². The molecule has 6 nitrogen and oxygen atoms in total. The number of azide groups is 1. The molecular weight excluding hydrogens is 227 g/mol. The fraction of sp³-hybridized carbons (Fsp3) is 0.300. The van der Waals surface area contributed by atoms with Crippen molar-refractivity contribution in [2.24, 2.45) is 5.11 Å². The molecule has 0 aliphatic carbocycles. The van der Waals surface area contributed by atoms with Crippen LogP contribution in [-0.4, -0.2) is 29.2 Å². The number of likely N-dealkylation sites (tertiary alicyclic amines) is 1. The van der Waals surface area contributed by atoms with Crippen LogP contribution in [0.5, 0.6) is 0 Å². The Labute approximate surface area is 95.9 Å². The van der Waals surface area contributed by atoms with Gasteiger partial charge in [-0.25, -0.2) is 9.18 Å². The minimum atomic E-state index is -1.06. The molecule has 7 heteroatoms. The molecule has 1 amide bonds. The lowest BCUT2D eigenvalue weighted by Crippen LogP contribution is -2.59. The quantitative estimate of drug-likeness (QED) is 0.485. The molecule has 0 spiro atoms. The van der Waals surface area contributed by atoms with Crippen LogP contribution in [0.15, 0.2) is 29.4 Å². The number of carbonyl (C=O) groups is 1. The second-order valence-corrected chi connectivity index (χ2v) is 3.87. The van der Waals surface area contributed by atoms with Crippen molar-refractivity contribution >= 4 is 6.09 Å². The fourth-order valence-corrected chi connectivity index (χ4v) is 1.87. The van der Waals surface area contributed by atoms with Gasteiger partial charge in [0.25, 0.3) is 0 Å². The average molecular weight is 236 g/mol. The van der Waals surface area contributed by atoms with Gasteiger partial charge in [-0.1, -0.05) is 17.2 Å². The Morgan fingerprint density at radius 1 is 1.47 bits per heavy atom. The molecule has 0 bridgehead atoms. The molecule has 1 heterocycles. The van der Waals surface area contributed by atoms with E-state index < -0.39 is 11.6 Å². The Hall–Kier alpha value is -2.27. The first-order chi connectivity index (χ1) is 8.07. The molecule has 17 heavy (non-hydrogen) atoms. The number of amides is 1. The number of carboxylic acid groups (broad SMARTS) is 1. The molecule has 1 aliphatic rings. The van der Waals surface area contributed by atoms with Crippen molar-refractivity contribution in [3.05, 3.63) is 46.1 Å². The summed E-state index contributed by atoms with van der Waals surface area (Å²) in [5.74, 6) is -0.390. The van der Waals surface area contributed by atoms with E-state index in [-0.39, 0.29) is 18.9 Å². The fourth-order valence-electron chi connectivity index (χ4n) is 1.87. The van der Waals surface area contributed by atoms with Crippen LogP contribution in [0.25, 0.3) is 10.4 Å². The zero-order valence-corrected chi connectivity index (χ0v) is 8.75. The third-order valence-electron chi connectivity index (χ3n) is 2.79. The van der Waals surface area contributed by atoms with Crippen molar-refractivity contribution in [1.29, 1.82) is 0 Å². The molecule has 0 atom stereocenters. The van der Waals surface area contributed by atoms with E-state index in [4.69, 9.17) is 10.6 Å². The zero-order valence-electron chi connectivity index (χ0n) is 8.75. The number of hydrogen-bond donors (Lipinski definition) is 1. The normalized spacial score (nSPS) is 16.9. The van der Waals surface area contributed by atoms with Gasteiger partial charge >= 0.3 is 6.09 Å². The van der Waals surface area contributed by atoms with E-state index in [9.17, 15) is 9.18 Å². The smallest absolute Gasteiger partial charge is 0.407 e. The summed E-state index contributed by atoms with van der Waals surface area (Å²) in [5, 5.41) is 12.4. The van der Waals surface area contributed by atoms with E-state index in [1.54, 1.807) is 0 Å². The molecule has 88 valence electrons. The lowest BCUT2D eigenvalue weighted by atomic mass is 9.83. The van der Waals surface area contributed by atoms with Crippen molar-refractivity contribution in [2.75, 3.05) is 13.1 Å². The third-order valence-corrected chi connectivity index (χ3v) is 2.79. The topological polar surface area (TPSA) is 89.3 Å². The molecule has 1 aromatic rings. The largest absolute Gasteiger partial charge is 0.465 e. The van der Waals surface area contributed by atoms with Gasteiger partial charge < -0.3 is 10.0 Å². The highest BCUT2D eigenvalue weighted by Crippen LogP contribution is 2.36. The Balaban J connectivity index is 2.29. The standard InChI is InChI=1S/C10H9FN4O2/c11-8-3-1-7(2-4-8)10(13-14-12)5-15(6-10)9(16)17/h1-4H,5-6H2,(H,16,17). The number of nitrogens with zero attached hydrogens (tertiary/aromatic N) is 4. The van der Waals surface area contributed by atoms with Crippen molar-refractivity contribution in [1.82, 2.24) is 4.90 Å². The first-order valence-electron chi connectivity index (χ1n) is 4.87. The van der Waals surface area contributed by atoms with Crippen LogP contribution in [0, 0.1) is 5.82 Å². The Morgan fingerprint density at radius 3 is 2.53 bits per heavy atom. The van der Waals surface area contributed by atoms with Gasteiger partial charge in [-0.3, -0.25) is 0 Å². The van der Waals surface area contributed by atoms with Gasteiger partial charge in [0.1, 0.15) is 11.4 Å². The second kappa shape index (κ2) is 3.95. The van der Waals surface area contributed by atoms with Crippen LogP contribution in [0.2, 0.25) is 0 Å². The first kappa shape index (κ1) is 11.2. The Morgan fingerprint density at radius 2 is 2.06 bits per heavy atom. The van der Waals surface area contributed by atoms with Crippen LogP contribution in [-0.2, 0) is 5.54 Å². The predicted octanol–water partition coefficient (Wildman–Crippen LogP) is 2.32. The van der Waals surface area contributed by atoms with Crippen LogP contribution in [0.1, 0.15) is 5.56 Å². The highest BCUT2D eigenvalue weighted by molar-refractivity contribution is 5.67. The van der Waals surface area contributed by atoms with Crippen molar-refractivity contribution < 1.29 is 14.3 Å². The maximum atomic E-state index is 12.8. The summed E-state index contributed by atoms with van der Waals surface area (Å²) in [4.78, 5) is 14.6. The number of rotatable bonds is 2. The number of hydrogen-bond acceptors (Lipinski definition) is 2. The first-order valence-corrected chi connectivity index (χ1v) is 4.87. The highest BCUT2D eigenvalue weighted by Gasteiger charge is 2.46. The monoisotopic (exact) mass is 236 g/mol. The van der Waals surface area contributed by atoms with Crippen molar-refractivity contribution in [3.63, 3.8) is 0 Å². The van der Waals surface area contributed by atoms with Crippen LogP contribution in [0.3, 0.4) is 0 Å². The molecule has 0 saturated carbocycles. The molecule has 2 rings (SSSR count). The summed E-state index contributed by atoms with van der Waals surface area (Å²) in [6.07, 6.45) is -1.06. The summed E-state index contributed by atoms with van der Waals surface area (Å²) in [7, 11) is 0. The molecule has 1 aliphatic heterocycles. The highest BCUT2D eigenvalue weighted by atomic mass is 19.1. The molecule has 0 unspecified atom stereocenters. The van der Waals surface area contributed by atoms with Crippen LogP contribution < -0.4 is 0 Å². The van der Waals surface area contributed by atoms with Gasteiger partial charge in [-0.15, -0.1) is 0 Å². The average Bonchev–Trinajstić information content (AvgIpc) is 2.23. The van der Waals surface area contributed by atoms with E-state index in [0.29, 0.717) is 5.56 Å². The Kier molecular flexibility index (Phi) is 2.61. The van der Waals surface area contributed by atoms with E-state index in [0.717, 1.165) is 4.90 Å². The lowest BCUT2D eigenvalue weighted by molar-refractivity contribution is 0.0627. The zero-order chi connectivity index (χ0) is 12.5. The molecule has 0 aromatic heterocycles. The van der Waals surface area contributed by atoms with Gasteiger partial charge in [0, 0.05) is 18.0 Å². The minimum Gasteiger partial charge on any atom is -0.465 e. The Bertz CT molecular complexity index is 490. The van der Waals surface area contributed by atoms with Crippen molar-refractivity contribution in [3.8, 4) is 0 Å². The number of benzene rings is 1. The maximum absolute atomic E-state index is 12.8. The van der Waals surface area contributed by atoms with Gasteiger partial charge in [-0.05, 0) is 23.2 Å². The van der Waals surface area contributed by atoms with E-state index >= 15 is 0 Å². The molecule has 1 saturated heterocycles. The molecule has 1 N–H and O–H groups in total. The molecule has 0 radical (unpaired) electrons. The molecule has 1 aromatic carbocycles. The third kappa shape index (κ3) is 1.88. The van der Waals surface area contributed by atoms with E-state index in [1.807, 2.05) is 0 Å². The van der Waals surface area contributed by atoms with E-state index in [2.05, 4.69) is 10.0 Å². The van der Waals surface area contributed by atoms with Gasteiger partial charge in [0.05, 0.1) is 0 Å². The SMILES string of the molecule is [N-]=[N+]=NC1(c2ccc(F)cc2)CN(C(=O)O)C1. The van der Waals surface area contributed by atoms with Crippen LogP contribution >= 0.6 is 0 Å². The minimum absolute atomic E-state index is 0.0953. The summed E-state index contributed by atoms with van der Waals surface area (Å²) < 4.78 is 12.8. The number of halogens is 1. The molecule has 1 fully saturated rings. The predicted molar refractivity (Wildman–Crippen MR) is 56.8 cm³/mol. The summed E-state index contributed by atoms with van der Waals surface area (Å²) >= 11 is 0. The van der Waals surface area contributed by atoms with Crippen LogP contribution in [0.4, 0.5) is 9.18 Å².